The molecule has 100 valence electrons. The van der Waals surface area contributed by atoms with Crippen LogP contribution < -0.4 is 11.1 Å². The third kappa shape index (κ3) is 3.04. The summed E-state index contributed by atoms with van der Waals surface area (Å²) in [6.45, 7) is 2.70. The van der Waals surface area contributed by atoms with Gasteiger partial charge in [-0.2, -0.15) is 0 Å². The van der Waals surface area contributed by atoms with Crippen molar-refractivity contribution in [3.63, 3.8) is 0 Å². The number of halogens is 2. The van der Waals surface area contributed by atoms with Gasteiger partial charge in [-0.3, -0.25) is 0 Å². The maximum Gasteiger partial charge on any atom is 0.139 e. The molecule has 2 unspecified atom stereocenters. The van der Waals surface area contributed by atoms with Crippen molar-refractivity contribution in [2.24, 2.45) is 11.7 Å². The SMILES string of the molecule is Cc1cc(Br)c(F)cc1NC1CCCCC1CN. The maximum atomic E-state index is 13.6. The fraction of sp³-hybridized carbons (Fsp3) is 0.571. The van der Waals surface area contributed by atoms with Crippen LogP contribution >= 0.6 is 15.9 Å². The molecule has 4 heteroatoms. The average molecular weight is 315 g/mol. The van der Waals surface area contributed by atoms with Gasteiger partial charge >= 0.3 is 0 Å². The largest absolute Gasteiger partial charge is 0.382 e. The van der Waals surface area contributed by atoms with Gasteiger partial charge in [-0.25, -0.2) is 4.39 Å². The third-order valence-corrected chi connectivity index (χ3v) is 4.43. The van der Waals surface area contributed by atoms with E-state index in [1.165, 1.54) is 19.3 Å². The molecular weight excluding hydrogens is 295 g/mol. The van der Waals surface area contributed by atoms with E-state index in [1.807, 2.05) is 13.0 Å². The summed E-state index contributed by atoms with van der Waals surface area (Å²) in [5.74, 6) is 0.285. The Morgan fingerprint density at radius 3 is 2.83 bits per heavy atom. The summed E-state index contributed by atoms with van der Waals surface area (Å²) in [5.41, 5.74) is 7.77. The van der Waals surface area contributed by atoms with Crippen LogP contribution in [0.15, 0.2) is 16.6 Å². The van der Waals surface area contributed by atoms with E-state index in [9.17, 15) is 4.39 Å². The number of aryl methyl sites for hydroxylation is 1. The first kappa shape index (κ1) is 13.8. The van der Waals surface area contributed by atoms with Crippen molar-refractivity contribution in [1.82, 2.24) is 0 Å². The molecule has 1 fully saturated rings. The van der Waals surface area contributed by atoms with Gasteiger partial charge in [0.1, 0.15) is 5.82 Å². The van der Waals surface area contributed by atoms with E-state index in [0.29, 0.717) is 23.0 Å². The van der Waals surface area contributed by atoms with Crippen LogP contribution in [0, 0.1) is 18.7 Å². The monoisotopic (exact) mass is 314 g/mol. The van der Waals surface area contributed by atoms with Crippen LogP contribution in [0.5, 0.6) is 0 Å². The zero-order chi connectivity index (χ0) is 13.1. The Labute approximate surface area is 116 Å². The number of hydrogen-bond acceptors (Lipinski definition) is 2. The lowest BCUT2D eigenvalue weighted by atomic mass is 9.84. The normalized spacial score (nSPS) is 24.0. The van der Waals surface area contributed by atoms with Gasteiger partial charge in [-0.05, 0) is 65.9 Å². The standard InChI is InChI=1S/C14H20BrFN2/c1-9-6-11(15)12(16)7-14(9)18-13-5-3-2-4-10(13)8-17/h6-7,10,13,18H,2-5,8,17H2,1H3. The Morgan fingerprint density at radius 1 is 1.39 bits per heavy atom. The van der Waals surface area contributed by atoms with Crippen molar-refractivity contribution in [3.8, 4) is 0 Å². The molecule has 3 N–H and O–H groups in total. The third-order valence-electron chi connectivity index (χ3n) is 3.82. The molecule has 0 spiro atoms. The van der Waals surface area contributed by atoms with Gasteiger partial charge in [0, 0.05) is 11.7 Å². The first-order chi connectivity index (χ1) is 8.61. The minimum atomic E-state index is -0.219. The van der Waals surface area contributed by atoms with Crippen molar-refractivity contribution in [2.45, 2.75) is 38.6 Å². The molecule has 0 bridgehead atoms. The molecule has 0 saturated heterocycles. The van der Waals surface area contributed by atoms with Crippen molar-refractivity contribution >= 4 is 21.6 Å². The number of nitrogens with one attached hydrogen (secondary N) is 1. The highest BCUT2D eigenvalue weighted by molar-refractivity contribution is 9.10. The topological polar surface area (TPSA) is 38.0 Å². The van der Waals surface area contributed by atoms with E-state index in [0.717, 1.165) is 17.7 Å². The van der Waals surface area contributed by atoms with Crippen LogP contribution in [-0.4, -0.2) is 12.6 Å². The summed E-state index contributed by atoms with van der Waals surface area (Å²) in [6, 6.07) is 3.77. The predicted molar refractivity (Wildman–Crippen MR) is 77.3 cm³/mol. The minimum absolute atomic E-state index is 0.219. The number of nitrogens with two attached hydrogens (primary N) is 1. The maximum absolute atomic E-state index is 13.6. The van der Waals surface area contributed by atoms with Crippen LogP contribution in [0.4, 0.5) is 10.1 Å². The Bertz CT molecular complexity index is 423. The first-order valence-electron chi connectivity index (χ1n) is 6.54. The molecule has 2 atom stereocenters. The smallest absolute Gasteiger partial charge is 0.139 e. The molecule has 1 saturated carbocycles. The molecule has 0 heterocycles. The average Bonchev–Trinajstić information content (AvgIpc) is 2.36. The molecule has 0 radical (unpaired) electrons. The summed E-state index contributed by atoms with van der Waals surface area (Å²) < 4.78 is 14.1. The zero-order valence-corrected chi connectivity index (χ0v) is 12.3. The van der Waals surface area contributed by atoms with Crippen LogP contribution in [0.25, 0.3) is 0 Å². The fourth-order valence-electron chi connectivity index (χ4n) is 2.68. The summed E-state index contributed by atoms with van der Waals surface area (Å²) in [7, 11) is 0. The van der Waals surface area contributed by atoms with Crippen molar-refractivity contribution < 1.29 is 4.39 Å². The fourth-order valence-corrected chi connectivity index (χ4v) is 3.14. The molecule has 2 rings (SSSR count). The molecule has 1 aliphatic rings. The van der Waals surface area contributed by atoms with Gasteiger partial charge in [-0.15, -0.1) is 0 Å². The lowest BCUT2D eigenvalue weighted by molar-refractivity contribution is 0.332. The molecule has 0 aromatic heterocycles. The van der Waals surface area contributed by atoms with Crippen LogP contribution in [-0.2, 0) is 0 Å². The van der Waals surface area contributed by atoms with E-state index in [4.69, 9.17) is 5.73 Å². The number of benzene rings is 1. The van der Waals surface area contributed by atoms with Crippen LogP contribution in [0.3, 0.4) is 0 Å². The Hall–Kier alpha value is -0.610. The molecule has 18 heavy (non-hydrogen) atoms. The van der Waals surface area contributed by atoms with Gasteiger partial charge < -0.3 is 11.1 Å². The highest BCUT2D eigenvalue weighted by Gasteiger charge is 2.24. The van der Waals surface area contributed by atoms with Crippen molar-refractivity contribution in [3.05, 3.63) is 28.0 Å². The van der Waals surface area contributed by atoms with E-state index in [1.54, 1.807) is 6.07 Å². The second-order valence-corrected chi connectivity index (χ2v) is 5.97. The zero-order valence-electron chi connectivity index (χ0n) is 10.7. The van der Waals surface area contributed by atoms with Gasteiger partial charge in [0.2, 0.25) is 0 Å². The Balaban J connectivity index is 2.15. The van der Waals surface area contributed by atoms with Gasteiger partial charge in [0.15, 0.2) is 0 Å². The van der Waals surface area contributed by atoms with Crippen molar-refractivity contribution in [1.29, 1.82) is 0 Å². The lowest BCUT2D eigenvalue weighted by Crippen LogP contribution is -2.36. The van der Waals surface area contributed by atoms with Gasteiger partial charge in [-0.1, -0.05) is 12.8 Å². The summed E-state index contributed by atoms with van der Waals surface area (Å²) in [5, 5.41) is 3.48. The molecule has 1 aromatic carbocycles. The number of rotatable bonds is 3. The second kappa shape index (κ2) is 6.02. The van der Waals surface area contributed by atoms with Crippen molar-refractivity contribution in [2.75, 3.05) is 11.9 Å². The van der Waals surface area contributed by atoms with Gasteiger partial charge in [0.25, 0.3) is 0 Å². The number of anilines is 1. The Kier molecular flexibility index (Phi) is 4.62. The van der Waals surface area contributed by atoms with E-state index >= 15 is 0 Å². The second-order valence-electron chi connectivity index (χ2n) is 5.11. The molecular formula is C14H20BrFN2. The van der Waals surface area contributed by atoms with Crippen LogP contribution in [0.2, 0.25) is 0 Å². The van der Waals surface area contributed by atoms with E-state index < -0.39 is 0 Å². The summed E-state index contributed by atoms with van der Waals surface area (Å²) >= 11 is 3.21. The molecule has 1 aliphatic carbocycles. The molecule has 1 aromatic rings. The molecule has 0 amide bonds. The number of hydrogen-bond donors (Lipinski definition) is 2. The quantitative estimate of drug-likeness (QED) is 0.890. The summed E-state index contributed by atoms with van der Waals surface area (Å²) in [4.78, 5) is 0. The van der Waals surface area contributed by atoms with Crippen LogP contribution in [0.1, 0.15) is 31.2 Å². The highest BCUT2D eigenvalue weighted by atomic mass is 79.9. The summed E-state index contributed by atoms with van der Waals surface area (Å²) in [6.07, 6.45) is 4.78. The molecule has 0 aliphatic heterocycles. The predicted octanol–water partition coefficient (Wildman–Crippen LogP) is 3.83. The van der Waals surface area contributed by atoms with Gasteiger partial charge in [0.05, 0.1) is 4.47 Å². The first-order valence-corrected chi connectivity index (χ1v) is 7.33. The Morgan fingerprint density at radius 2 is 2.11 bits per heavy atom. The van der Waals surface area contributed by atoms with E-state index in [2.05, 4.69) is 21.2 Å². The minimum Gasteiger partial charge on any atom is -0.382 e. The highest BCUT2D eigenvalue weighted by Crippen LogP contribution is 2.29. The van der Waals surface area contributed by atoms with E-state index in [-0.39, 0.29) is 5.82 Å². The lowest BCUT2D eigenvalue weighted by Gasteiger charge is -2.32. The molecule has 2 nitrogen and oxygen atoms in total.